The predicted molar refractivity (Wildman–Crippen MR) is 61.4 cm³/mol. The van der Waals surface area contributed by atoms with Crippen LogP contribution in [0.1, 0.15) is 26.2 Å². The molecule has 0 aromatic rings. The first-order chi connectivity index (χ1) is 8.04. The summed E-state index contributed by atoms with van der Waals surface area (Å²) in [6.45, 7) is 2.41. The largest absolute Gasteiger partial charge is 0.481 e. The van der Waals surface area contributed by atoms with Crippen LogP contribution in [-0.4, -0.2) is 42.3 Å². The van der Waals surface area contributed by atoms with E-state index in [0.29, 0.717) is 0 Å². The molecule has 98 valence electrons. The van der Waals surface area contributed by atoms with E-state index in [2.05, 4.69) is 5.32 Å². The molecule has 0 bridgehead atoms. The number of amides is 1. The summed E-state index contributed by atoms with van der Waals surface area (Å²) < 4.78 is 5.06. The standard InChI is InChI=1S/C11H20N2O4/c1-2-3-7(12)4-10(14)13-9-6-17-5-8(9)11(15)16/h7-9H,2-6,12H2,1H3,(H,13,14)(H,15,16). The van der Waals surface area contributed by atoms with E-state index in [0.717, 1.165) is 12.8 Å². The second-order valence-electron chi connectivity index (χ2n) is 4.41. The molecule has 1 amide bonds. The Morgan fingerprint density at radius 2 is 2.24 bits per heavy atom. The fourth-order valence-corrected chi connectivity index (χ4v) is 1.92. The highest BCUT2D eigenvalue weighted by atomic mass is 16.5. The van der Waals surface area contributed by atoms with E-state index in [-0.39, 0.29) is 31.6 Å². The Bertz CT molecular complexity index is 283. The summed E-state index contributed by atoms with van der Waals surface area (Å²) in [6, 6.07) is -0.598. The maximum absolute atomic E-state index is 11.6. The van der Waals surface area contributed by atoms with Crippen molar-refractivity contribution < 1.29 is 19.4 Å². The molecule has 1 fully saturated rings. The number of aliphatic carboxylic acids is 1. The van der Waals surface area contributed by atoms with Gasteiger partial charge in [0.15, 0.2) is 0 Å². The van der Waals surface area contributed by atoms with Gasteiger partial charge in [0.05, 0.1) is 19.3 Å². The summed E-state index contributed by atoms with van der Waals surface area (Å²) >= 11 is 0. The number of rotatable bonds is 6. The lowest BCUT2D eigenvalue weighted by atomic mass is 10.0. The Balaban J connectivity index is 2.37. The molecule has 1 rings (SSSR count). The Kier molecular flexibility index (Phi) is 5.37. The van der Waals surface area contributed by atoms with E-state index in [1.807, 2.05) is 6.92 Å². The SMILES string of the molecule is CCCC(N)CC(=O)NC1COCC1C(=O)O. The lowest BCUT2D eigenvalue weighted by molar-refractivity contribution is -0.142. The minimum absolute atomic E-state index is 0.154. The van der Waals surface area contributed by atoms with Crippen molar-refractivity contribution in [1.29, 1.82) is 0 Å². The number of nitrogens with two attached hydrogens (primary N) is 1. The maximum atomic E-state index is 11.6. The van der Waals surface area contributed by atoms with E-state index in [4.69, 9.17) is 15.6 Å². The van der Waals surface area contributed by atoms with Gasteiger partial charge in [0.25, 0.3) is 0 Å². The van der Waals surface area contributed by atoms with E-state index < -0.39 is 17.9 Å². The van der Waals surface area contributed by atoms with Crippen LogP contribution in [0.5, 0.6) is 0 Å². The van der Waals surface area contributed by atoms with Gasteiger partial charge < -0.3 is 20.9 Å². The number of carboxylic acid groups (broad SMARTS) is 1. The molecule has 1 heterocycles. The first-order valence-corrected chi connectivity index (χ1v) is 5.90. The molecule has 0 spiro atoms. The highest BCUT2D eigenvalue weighted by Gasteiger charge is 2.35. The highest BCUT2D eigenvalue weighted by Crippen LogP contribution is 2.14. The average Bonchev–Trinajstić information content (AvgIpc) is 2.65. The third kappa shape index (κ3) is 4.32. The number of carboxylic acids is 1. The summed E-state index contributed by atoms with van der Waals surface area (Å²) in [5.74, 6) is -1.79. The number of carbonyl (C=O) groups is 2. The number of hydrogen-bond acceptors (Lipinski definition) is 4. The molecule has 1 aliphatic heterocycles. The predicted octanol–water partition coefficient (Wildman–Crippen LogP) is -0.280. The number of carbonyl (C=O) groups excluding carboxylic acids is 1. The Morgan fingerprint density at radius 3 is 2.82 bits per heavy atom. The van der Waals surface area contributed by atoms with E-state index in [9.17, 15) is 9.59 Å². The van der Waals surface area contributed by atoms with Crippen LogP contribution >= 0.6 is 0 Å². The van der Waals surface area contributed by atoms with Crippen LogP contribution < -0.4 is 11.1 Å². The van der Waals surface area contributed by atoms with Gasteiger partial charge in [0.2, 0.25) is 5.91 Å². The summed E-state index contributed by atoms with van der Waals surface area (Å²) in [7, 11) is 0. The number of ether oxygens (including phenoxy) is 1. The Hall–Kier alpha value is -1.14. The summed E-state index contributed by atoms with van der Waals surface area (Å²) in [4.78, 5) is 22.5. The van der Waals surface area contributed by atoms with Gasteiger partial charge in [0.1, 0.15) is 5.92 Å². The Morgan fingerprint density at radius 1 is 1.53 bits per heavy atom. The van der Waals surface area contributed by atoms with Crippen molar-refractivity contribution in [1.82, 2.24) is 5.32 Å². The summed E-state index contributed by atoms with van der Waals surface area (Å²) in [5, 5.41) is 11.6. The molecule has 6 nitrogen and oxygen atoms in total. The van der Waals surface area contributed by atoms with Crippen molar-refractivity contribution in [3.8, 4) is 0 Å². The van der Waals surface area contributed by atoms with Crippen molar-refractivity contribution in [3.63, 3.8) is 0 Å². The van der Waals surface area contributed by atoms with Gasteiger partial charge in [-0.15, -0.1) is 0 Å². The number of hydrogen-bond donors (Lipinski definition) is 3. The van der Waals surface area contributed by atoms with Gasteiger partial charge in [-0.25, -0.2) is 0 Å². The summed E-state index contributed by atoms with van der Waals surface area (Å²) in [5.41, 5.74) is 5.75. The Labute approximate surface area is 101 Å². The van der Waals surface area contributed by atoms with Crippen molar-refractivity contribution in [2.75, 3.05) is 13.2 Å². The van der Waals surface area contributed by atoms with Crippen LogP contribution in [0.2, 0.25) is 0 Å². The topological polar surface area (TPSA) is 102 Å². The molecule has 0 aliphatic carbocycles. The molecule has 6 heteroatoms. The fourth-order valence-electron chi connectivity index (χ4n) is 1.92. The minimum Gasteiger partial charge on any atom is -0.481 e. The molecule has 4 N–H and O–H groups in total. The van der Waals surface area contributed by atoms with Crippen LogP contribution in [0.4, 0.5) is 0 Å². The lowest BCUT2D eigenvalue weighted by Gasteiger charge is -2.17. The van der Waals surface area contributed by atoms with E-state index in [1.165, 1.54) is 0 Å². The smallest absolute Gasteiger partial charge is 0.311 e. The van der Waals surface area contributed by atoms with Crippen LogP contribution in [0.3, 0.4) is 0 Å². The van der Waals surface area contributed by atoms with Crippen molar-refractivity contribution in [2.24, 2.45) is 11.7 Å². The van der Waals surface area contributed by atoms with Crippen LogP contribution in [0, 0.1) is 5.92 Å². The monoisotopic (exact) mass is 244 g/mol. The van der Waals surface area contributed by atoms with Crippen molar-refractivity contribution in [2.45, 2.75) is 38.3 Å². The first kappa shape index (κ1) is 13.9. The zero-order chi connectivity index (χ0) is 12.8. The van der Waals surface area contributed by atoms with Crippen LogP contribution in [0.25, 0.3) is 0 Å². The second kappa shape index (κ2) is 6.56. The molecule has 1 aliphatic rings. The lowest BCUT2D eigenvalue weighted by Crippen LogP contribution is -2.44. The first-order valence-electron chi connectivity index (χ1n) is 5.90. The van der Waals surface area contributed by atoms with Gasteiger partial charge in [-0.2, -0.15) is 0 Å². The maximum Gasteiger partial charge on any atom is 0.311 e. The normalized spacial score (nSPS) is 25.5. The molecular weight excluding hydrogens is 224 g/mol. The highest BCUT2D eigenvalue weighted by molar-refractivity contribution is 5.78. The van der Waals surface area contributed by atoms with Crippen molar-refractivity contribution in [3.05, 3.63) is 0 Å². The molecular formula is C11H20N2O4. The molecule has 17 heavy (non-hydrogen) atoms. The summed E-state index contributed by atoms with van der Waals surface area (Å²) in [6.07, 6.45) is 1.95. The van der Waals surface area contributed by atoms with Crippen molar-refractivity contribution >= 4 is 11.9 Å². The van der Waals surface area contributed by atoms with Crippen LogP contribution in [-0.2, 0) is 14.3 Å². The third-order valence-corrected chi connectivity index (χ3v) is 2.85. The van der Waals surface area contributed by atoms with Gasteiger partial charge in [-0.3, -0.25) is 9.59 Å². The van der Waals surface area contributed by atoms with Gasteiger partial charge in [-0.1, -0.05) is 13.3 Å². The zero-order valence-electron chi connectivity index (χ0n) is 10.0. The molecule has 3 atom stereocenters. The molecule has 0 saturated carbocycles. The molecule has 0 aromatic carbocycles. The van der Waals surface area contributed by atoms with E-state index >= 15 is 0 Å². The molecule has 1 saturated heterocycles. The minimum atomic E-state index is -0.939. The van der Waals surface area contributed by atoms with Crippen LogP contribution in [0.15, 0.2) is 0 Å². The average molecular weight is 244 g/mol. The molecule has 3 unspecified atom stereocenters. The third-order valence-electron chi connectivity index (χ3n) is 2.85. The van der Waals surface area contributed by atoms with E-state index in [1.54, 1.807) is 0 Å². The van der Waals surface area contributed by atoms with Gasteiger partial charge in [0, 0.05) is 12.5 Å². The quantitative estimate of drug-likeness (QED) is 0.596. The molecule has 0 radical (unpaired) electrons. The van der Waals surface area contributed by atoms with Gasteiger partial charge in [-0.05, 0) is 6.42 Å². The second-order valence-corrected chi connectivity index (χ2v) is 4.41. The fraction of sp³-hybridized carbons (Fsp3) is 0.818. The number of nitrogens with one attached hydrogen (secondary N) is 1. The zero-order valence-corrected chi connectivity index (χ0v) is 10.0. The van der Waals surface area contributed by atoms with Gasteiger partial charge >= 0.3 is 5.97 Å². The molecule has 0 aromatic heterocycles.